The molecule has 1 aromatic carbocycles. The van der Waals surface area contributed by atoms with Gasteiger partial charge >= 0.3 is 0 Å². The average molecular weight is 208 g/mol. The number of rotatable bonds is 4. The first-order chi connectivity index (χ1) is 7.11. The van der Waals surface area contributed by atoms with Gasteiger partial charge in [0, 0.05) is 5.56 Å². The molecule has 0 aliphatic heterocycles. The number of phenols is 1. The molecule has 0 unspecified atom stereocenters. The lowest BCUT2D eigenvalue weighted by Crippen LogP contribution is -2.01. The van der Waals surface area contributed by atoms with Crippen LogP contribution in [0.5, 0.6) is 11.5 Å². The van der Waals surface area contributed by atoms with Gasteiger partial charge in [0.15, 0.2) is 5.78 Å². The highest BCUT2D eigenvalue weighted by Crippen LogP contribution is 2.32. The van der Waals surface area contributed by atoms with Crippen molar-refractivity contribution >= 4 is 5.78 Å². The van der Waals surface area contributed by atoms with Crippen LogP contribution in [0.15, 0.2) is 12.1 Å². The van der Waals surface area contributed by atoms with Crippen LogP contribution in [0.25, 0.3) is 0 Å². The molecule has 1 N–H and O–H groups in total. The molecular weight excluding hydrogens is 192 g/mol. The van der Waals surface area contributed by atoms with Gasteiger partial charge in [0.05, 0.1) is 12.7 Å². The summed E-state index contributed by atoms with van der Waals surface area (Å²) in [5.41, 5.74) is 1.24. The van der Waals surface area contributed by atoms with Crippen molar-refractivity contribution in [2.45, 2.75) is 26.7 Å². The molecule has 0 atom stereocenters. The van der Waals surface area contributed by atoms with E-state index in [1.165, 1.54) is 14.0 Å². The molecule has 0 heterocycles. The Morgan fingerprint density at radius 3 is 2.60 bits per heavy atom. The number of phenolic OH excluding ortho intramolecular Hbond substituents is 1. The van der Waals surface area contributed by atoms with E-state index in [1.807, 2.05) is 6.92 Å². The van der Waals surface area contributed by atoms with E-state index in [0.29, 0.717) is 23.3 Å². The van der Waals surface area contributed by atoms with E-state index in [4.69, 9.17) is 4.74 Å². The fourth-order valence-corrected chi connectivity index (χ4v) is 1.62. The molecule has 0 aliphatic rings. The molecule has 0 aromatic heterocycles. The number of aromatic hydroxyl groups is 1. The van der Waals surface area contributed by atoms with Gasteiger partial charge in [0.25, 0.3) is 0 Å². The molecule has 3 nitrogen and oxygen atoms in total. The Morgan fingerprint density at radius 2 is 2.13 bits per heavy atom. The Morgan fingerprint density at radius 1 is 1.47 bits per heavy atom. The predicted octanol–water partition coefficient (Wildman–Crippen LogP) is 2.56. The highest BCUT2D eigenvalue weighted by Gasteiger charge is 2.15. The minimum atomic E-state index is -0.0517. The van der Waals surface area contributed by atoms with Crippen LogP contribution >= 0.6 is 0 Å². The summed E-state index contributed by atoms with van der Waals surface area (Å²) in [6.45, 7) is 3.50. The maximum atomic E-state index is 11.3. The molecule has 0 bridgehead atoms. The summed E-state index contributed by atoms with van der Waals surface area (Å²) in [5, 5.41) is 9.67. The van der Waals surface area contributed by atoms with Gasteiger partial charge in [-0.2, -0.15) is 0 Å². The van der Waals surface area contributed by atoms with Crippen LogP contribution in [0.2, 0.25) is 0 Å². The summed E-state index contributed by atoms with van der Waals surface area (Å²) in [5.74, 6) is 0.646. The molecule has 82 valence electrons. The monoisotopic (exact) mass is 208 g/mol. The predicted molar refractivity (Wildman–Crippen MR) is 58.7 cm³/mol. The van der Waals surface area contributed by atoms with Gasteiger partial charge in [-0.3, -0.25) is 4.79 Å². The molecule has 3 heteroatoms. The lowest BCUT2D eigenvalue weighted by Gasteiger charge is -2.12. The van der Waals surface area contributed by atoms with Crippen molar-refractivity contribution in [1.82, 2.24) is 0 Å². The first-order valence-corrected chi connectivity index (χ1v) is 5.01. The lowest BCUT2D eigenvalue weighted by atomic mass is 10.0. The average Bonchev–Trinajstić information content (AvgIpc) is 2.20. The Kier molecular flexibility index (Phi) is 3.72. The molecule has 0 aliphatic carbocycles. The van der Waals surface area contributed by atoms with E-state index in [2.05, 4.69) is 0 Å². The van der Waals surface area contributed by atoms with Crippen molar-refractivity contribution in [2.75, 3.05) is 7.11 Å². The largest absolute Gasteiger partial charge is 0.508 e. The van der Waals surface area contributed by atoms with E-state index in [-0.39, 0.29) is 11.5 Å². The van der Waals surface area contributed by atoms with E-state index < -0.39 is 0 Å². The Labute approximate surface area is 89.7 Å². The zero-order valence-corrected chi connectivity index (χ0v) is 9.33. The minimum absolute atomic E-state index is 0.0517. The standard InChI is InChI=1S/C12H16O3/c1-4-5-10-11(14)7-6-9(8(2)13)12(10)15-3/h6-7,14H,4-5H2,1-3H3. The first kappa shape index (κ1) is 11.6. The second-order valence-electron chi connectivity index (χ2n) is 3.45. The van der Waals surface area contributed by atoms with Crippen LogP contribution < -0.4 is 4.74 Å². The summed E-state index contributed by atoms with van der Waals surface area (Å²) < 4.78 is 5.19. The van der Waals surface area contributed by atoms with Crippen LogP contribution in [0.1, 0.15) is 36.2 Å². The molecule has 15 heavy (non-hydrogen) atoms. The van der Waals surface area contributed by atoms with E-state index in [0.717, 1.165) is 6.42 Å². The van der Waals surface area contributed by atoms with Gasteiger partial charge in [0.1, 0.15) is 11.5 Å². The maximum absolute atomic E-state index is 11.3. The molecule has 0 saturated carbocycles. The van der Waals surface area contributed by atoms with E-state index in [1.54, 1.807) is 12.1 Å². The number of ether oxygens (including phenoxy) is 1. The number of hydrogen-bond donors (Lipinski definition) is 1. The van der Waals surface area contributed by atoms with Crippen LogP contribution in [0, 0.1) is 0 Å². The maximum Gasteiger partial charge on any atom is 0.163 e. The van der Waals surface area contributed by atoms with E-state index >= 15 is 0 Å². The Bertz CT molecular complexity index is 369. The third-order valence-corrected chi connectivity index (χ3v) is 2.32. The first-order valence-electron chi connectivity index (χ1n) is 5.01. The highest BCUT2D eigenvalue weighted by molar-refractivity contribution is 5.97. The minimum Gasteiger partial charge on any atom is -0.508 e. The second kappa shape index (κ2) is 4.82. The third kappa shape index (κ3) is 2.29. The summed E-state index contributed by atoms with van der Waals surface area (Å²) in [7, 11) is 1.51. The normalized spacial score (nSPS) is 10.1. The summed E-state index contributed by atoms with van der Waals surface area (Å²) in [6, 6.07) is 3.14. The fourth-order valence-electron chi connectivity index (χ4n) is 1.62. The van der Waals surface area contributed by atoms with E-state index in [9.17, 15) is 9.90 Å². The Hall–Kier alpha value is -1.51. The number of benzene rings is 1. The second-order valence-corrected chi connectivity index (χ2v) is 3.45. The van der Waals surface area contributed by atoms with Crippen molar-refractivity contribution < 1.29 is 14.6 Å². The van der Waals surface area contributed by atoms with Gasteiger partial charge in [-0.25, -0.2) is 0 Å². The Balaban J connectivity index is 3.33. The quantitative estimate of drug-likeness (QED) is 0.773. The number of hydrogen-bond acceptors (Lipinski definition) is 3. The van der Waals surface area contributed by atoms with Crippen LogP contribution in [0.4, 0.5) is 0 Å². The molecule has 0 fully saturated rings. The van der Waals surface area contributed by atoms with Gasteiger partial charge < -0.3 is 9.84 Å². The summed E-state index contributed by atoms with van der Waals surface area (Å²) in [6.07, 6.45) is 1.60. The molecule has 1 aromatic rings. The zero-order chi connectivity index (χ0) is 11.4. The van der Waals surface area contributed by atoms with Crippen molar-refractivity contribution in [2.24, 2.45) is 0 Å². The van der Waals surface area contributed by atoms with Gasteiger partial charge in [-0.05, 0) is 25.5 Å². The smallest absolute Gasteiger partial charge is 0.163 e. The van der Waals surface area contributed by atoms with Crippen LogP contribution in [0.3, 0.4) is 0 Å². The highest BCUT2D eigenvalue weighted by atomic mass is 16.5. The number of Topliss-reactive ketones (excluding diaryl/α,β-unsaturated/α-hetero) is 1. The topological polar surface area (TPSA) is 46.5 Å². The third-order valence-electron chi connectivity index (χ3n) is 2.32. The molecule has 0 saturated heterocycles. The van der Waals surface area contributed by atoms with Crippen LogP contribution in [-0.2, 0) is 6.42 Å². The molecule has 1 rings (SSSR count). The molecular formula is C12H16O3. The molecule has 0 spiro atoms. The SMILES string of the molecule is CCCc1c(O)ccc(C(C)=O)c1OC. The number of ketones is 1. The lowest BCUT2D eigenvalue weighted by molar-refractivity contribution is 0.101. The number of carbonyl (C=O) groups excluding carboxylic acids is 1. The van der Waals surface area contributed by atoms with Crippen molar-refractivity contribution in [1.29, 1.82) is 0 Å². The summed E-state index contributed by atoms with van der Waals surface area (Å²) in [4.78, 5) is 11.3. The molecule has 0 radical (unpaired) electrons. The van der Waals surface area contributed by atoms with Crippen molar-refractivity contribution in [3.63, 3.8) is 0 Å². The summed E-state index contributed by atoms with van der Waals surface area (Å²) >= 11 is 0. The zero-order valence-electron chi connectivity index (χ0n) is 9.33. The van der Waals surface area contributed by atoms with Gasteiger partial charge in [-0.1, -0.05) is 13.3 Å². The van der Waals surface area contributed by atoms with Crippen LogP contribution in [-0.4, -0.2) is 18.0 Å². The van der Waals surface area contributed by atoms with Gasteiger partial charge in [-0.15, -0.1) is 0 Å². The van der Waals surface area contributed by atoms with Gasteiger partial charge in [0.2, 0.25) is 0 Å². The number of methoxy groups -OCH3 is 1. The molecule has 0 amide bonds. The van der Waals surface area contributed by atoms with Crippen molar-refractivity contribution in [3.8, 4) is 11.5 Å². The van der Waals surface area contributed by atoms with Crippen molar-refractivity contribution in [3.05, 3.63) is 23.3 Å². The number of carbonyl (C=O) groups is 1. The fraction of sp³-hybridized carbons (Fsp3) is 0.417.